The van der Waals surface area contributed by atoms with Crippen molar-refractivity contribution in [2.75, 3.05) is 25.6 Å². The van der Waals surface area contributed by atoms with E-state index >= 15 is 0 Å². The van der Waals surface area contributed by atoms with Crippen molar-refractivity contribution < 1.29 is 13.9 Å². The number of amides is 1. The first-order chi connectivity index (χ1) is 15.1. The largest absolute Gasteiger partial charge is 0.496 e. The van der Waals surface area contributed by atoms with Crippen LogP contribution in [0.1, 0.15) is 23.6 Å². The van der Waals surface area contributed by atoms with Crippen LogP contribution in [-0.2, 0) is 4.79 Å². The van der Waals surface area contributed by atoms with Gasteiger partial charge >= 0.3 is 0 Å². The molecule has 1 aliphatic rings. The van der Waals surface area contributed by atoms with Crippen LogP contribution < -0.4 is 9.64 Å². The number of hydrogen-bond donors (Lipinski definition) is 0. The summed E-state index contributed by atoms with van der Waals surface area (Å²) in [6.07, 6.45) is 0.405. The molecule has 0 aliphatic carbocycles. The third-order valence-electron chi connectivity index (χ3n) is 5.42. The number of rotatable bonds is 6. The SMILES string of the molecule is COc1ccccc1C1CC(c2ccccc2F)=NN1C(=O)CN(C)c1ccccc1. The molecule has 31 heavy (non-hydrogen) atoms. The van der Waals surface area contributed by atoms with Crippen LogP contribution in [0.4, 0.5) is 10.1 Å². The summed E-state index contributed by atoms with van der Waals surface area (Å²) in [6.45, 7) is 0.143. The number of benzene rings is 3. The first kappa shape index (κ1) is 20.6. The van der Waals surface area contributed by atoms with E-state index in [1.807, 2.05) is 66.5 Å². The number of hydrazone groups is 1. The maximum atomic E-state index is 14.5. The van der Waals surface area contributed by atoms with Gasteiger partial charge in [-0.2, -0.15) is 5.10 Å². The van der Waals surface area contributed by atoms with Crippen molar-refractivity contribution in [3.63, 3.8) is 0 Å². The summed E-state index contributed by atoms with van der Waals surface area (Å²) in [5, 5.41) is 6.05. The van der Waals surface area contributed by atoms with E-state index in [2.05, 4.69) is 5.10 Å². The average Bonchev–Trinajstić information content (AvgIpc) is 3.25. The standard InChI is InChI=1S/C25H24FN3O2/c1-28(18-10-4-3-5-11-18)17-25(30)29-23(20-13-7-9-15-24(20)31-2)16-22(27-29)19-12-6-8-14-21(19)26/h3-15,23H,16-17H2,1-2H3. The molecule has 1 aliphatic heterocycles. The number of para-hydroxylation sites is 2. The minimum absolute atomic E-state index is 0.143. The number of carbonyl (C=O) groups excluding carboxylic acids is 1. The number of likely N-dealkylation sites (N-methyl/N-ethyl adjacent to an activating group) is 1. The molecule has 5 nitrogen and oxygen atoms in total. The molecule has 4 rings (SSSR count). The highest BCUT2D eigenvalue weighted by Gasteiger charge is 2.35. The number of nitrogens with zero attached hydrogens (tertiary/aromatic N) is 3. The first-order valence-electron chi connectivity index (χ1n) is 10.1. The molecule has 1 heterocycles. The minimum Gasteiger partial charge on any atom is -0.496 e. The van der Waals surface area contributed by atoms with Crippen molar-refractivity contribution in [3.05, 3.63) is 95.8 Å². The summed E-state index contributed by atoms with van der Waals surface area (Å²) in [5.41, 5.74) is 2.73. The van der Waals surface area contributed by atoms with Gasteiger partial charge in [0, 0.05) is 30.3 Å². The predicted octanol–water partition coefficient (Wildman–Crippen LogP) is 4.65. The Morgan fingerprint density at radius 1 is 1.06 bits per heavy atom. The Labute approximate surface area is 181 Å². The fraction of sp³-hybridized carbons (Fsp3) is 0.200. The third-order valence-corrected chi connectivity index (χ3v) is 5.42. The average molecular weight is 417 g/mol. The Morgan fingerprint density at radius 3 is 2.48 bits per heavy atom. The van der Waals surface area contributed by atoms with Crippen LogP contribution in [0.3, 0.4) is 0 Å². The monoisotopic (exact) mass is 417 g/mol. The topological polar surface area (TPSA) is 45.1 Å². The number of hydrogen-bond acceptors (Lipinski definition) is 4. The quantitative estimate of drug-likeness (QED) is 0.587. The van der Waals surface area contributed by atoms with Crippen molar-refractivity contribution >= 4 is 17.3 Å². The van der Waals surface area contributed by atoms with E-state index in [0.29, 0.717) is 23.4 Å². The molecule has 6 heteroatoms. The molecule has 0 saturated carbocycles. The molecule has 1 amide bonds. The van der Waals surface area contributed by atoms with E-state index in [1.54, 1.807) is 25.3 Å². The van der Waals surface area contributed by atoms with Gasteiger partial charge in [-0.1, -0.05) is 54.6 Å². The second-order valence-electron chi connectivity index (χ2n) is 7.42. The first-order valence-corrected chi connectivity index (χ1v) is 10.1. The molecule has 0 saturated heterocycles. The van der Waals surface area contributed by atoms with Gasteiger partial charge in [0.05, 0.1) is 25.4 Å². The molecule has 0 radical (unpaired) electrons. The smallest absolute Gasteiger partial charge is 0.262 e. The van der Waals surface area contributed by atoms with Crippen molar-refractivity contribution in [2.24, 2.45) is 5.10 Å². The number of carbonyl (C=O) groups is 1. The van der Waals surface area contributed by atoms with Gasteiger partial charge in [-0.25, -0.2) is 9.40 Å². The second kappa shape index (κ2) is 9.00. The predicted molar refractivity (Wildman–Crippen MR) is 120 cm³/mol. The molecule has 0 fully saturated rings. The van der Waals surface area contributed by atoms with E-state index < -0.39 is 0 Å². The number of anilines is 1. The van der Waals surface area contributed by atoms with Gasteiger partial charge in [0.25, 0.3) is 5.91 Å². The van der Waals surface area contributed by atoms with Crippen LogP contribution in [0.5, 0.6) is 5.75 Å². The molecule has 0 N–H and O–H groups in total. The molecule has 0 spiro atoms. The van der Waals surface area contributed by atoms with Crippen molar-refractivity contribution in [1.82, 2.24) is 5.01 Å². The van der Waals surface area contributed by atoms with Crippen molar-refractivity contribution in [3.8, 4) is 5.75 Å². The van der Waals surface area contributed by atoms with Gasteiger partial charge in [-0.3, -0.25) is 4.79 Å². The van der Waals surface area contributed by atoms with Gasteiger partial charge in [0.2, 0.25) is 0 Å². The summed E-state index contributed by atoms with van der Waals surface area (Å²) in [6, 6.07) is 23.4. The fourth-order valence-electron chi connectivity index (χ4n) is 3.83. The zero-order valence-electron chi connectivity index (χ0n) is 17.5. The molecular weight excluding hydrogens is 393 g/mol. The normalized spacial score (nSPS) is 15.5. The molecule has 3 aromatic rings. The van der Waals surface area contributed by atoms with E-state index in [0.717, 1.165) is 11.3 Å². The van der Waals surface area contributed by atoms with Gasteiger partial charge in [-0.05, 0) is 24.3 Å². The van der Waals surface area contributed by atoms with Crippen molar-refractivity contribution in [2.45, 2.75) is 12.5 Å². The zero-order chi connectivity index (χ0) is 21.8. The molecule has 0 bridgehead atoms. The highest BCUT2D eigenvalue weighted by atomic mass is 19.1. The Bertz CT molecular complexity index is 1100. The van der Waals surface area contributed by atoms with Crippen LogP contribution in [0.25, 0.3) is 0 Å². The van der Waals surface area contributed by atoms with E-state index in [1.165, 1.54) is 11.1 Å². The zero-order valence-corrected chi connectivity index (χ0v) is 17.5. The maximum absolute atomic E-state index is 14.5. The van der Waals surface area contributed by atoms with E-state index in [-0.39, 0.29) is 24.3 Å². The molecule has 0 aromatic heterocycles. The van der Waals surface area contributed by atoms with Gasteiger partial charge < -0.3 is 9.64 Å². The number of methoxy groups -OCH3 is 1. The maximum Gasteiger partial charge on any atom is 0.262 e. The summed E-state index contributed by atoms with van der Waals surface area (Å²) in [5.74, 6) is 0.149. The van der Waals surface area contributed by atoms with E-state index in [4.69, 9.17) is 4.74 Å². The lowest BCUT2D eigenvalue weighted by Gasteiger charge is -2.26. The van der Waals surface area contributed by atoms with Crippen LogP contribution in [0.2, 0.25) is 0 Å². The lowest BCUT2D eigenvalue weighted by molar-refractivity contribution is -0.131. The van der Waals surface area contributed by atoms with Crippen molar-refractivity contribution in [1.29, 1.82) is 0 Å². The van der Waals surface area contributed by atoms with Gasteiger partial charge in [-0.15, -0.1) is 0 Å². The third kappa shape index (κ3) is 4.28. The highest BCUT2D eigenvalue weighted by Crippen LogP contribution is 2.37. The fourth-order valence-corrected chi connectivity index (χ4v) is 3.83. The summed E-state index contributed by atoms with van der Waals surface area (Å²) in [4.78, 5) is 15.2. The summed E-state index contributed by atoms with van der Waals surface area (Å²) in [7, 11) is 3.46. The number of ether oxygens (including phenoxy) is 1. The molecule has 158 valence electrons. The summed E-state index contributed by atoms with van der Waals surface area (Å²) < 4.78 is 20.0. The second-order valence-corrected chi connectivity index (χ2v) is 7.42. The lowest BCUT2D eigenvalue weighted by atomic mass is 9.97. The van der Waals surface area contributed by atoms with Gasteiger partial charge in [0.15, 0.2) is 0 Å². The Balaban J connectivity index is 1.67. The Hall–Kier alpha value is -3.67. The molecule has 1 unspecified atom stereocenters. The Morgan fingerprint density at radius 2 is 1.74 bits per heavy atom. The van der Waals surface area contributed by atoms with E-state index in [9.17, 15) is 9.18 Å². The van der Waals surface area contributed by atoms with Crippen LogP contribution in [0.15, 0.2) is 84.0 Å². The minimum atomic E-state index is -0.373. The van der Waals surface area contributed by atoms with Crippen LogP contribution >= 0.6 is 0 Å². The number of halogens is 1. The highest BCUT2D eigenvalue weighted by molar-refractivity contribution is 6.03. The van der Waals surface area contributed by atoms with Gasteiger partial charge in [0.1, 0.15) is 11.6 Å². The molecular formula is C25H24FN3O2. The van der Waals surface area contributed by atoms with Crippen LogP contribution in [-0.4, -0.2) is 37.3 Å². The van der Waals surface area contributed by atoms with Crippen LogP contribution in [0, 0.1) is 5.82 Å². The Kier molecular flexibility index (Phi) is 5.98. The molecule has 3 aromatic carbocycles. The molecule has 1 atom stereocenters. The summed E-state index contributed by atoms with van der Waals surface area (Å²) >= 11 is 0. The lowest BCUT2D eigenvalue weighted by Crippen LogP contribution is -2.36.